The van der Waals surface area contributed by atoms with Crippen LogP contribution in [0, 0.1) is 0 Å². The van der Waals surface area contributed by atoms with Crippen LogP contribution in [0.1, 0.15) is 0 Å². The highest BCUT2D eigenvalue weighted by atomic mass is 31.2. The fourth-order valence-electron chi connectivity index (χ4n) is 0.119. The Morgan fingerprint density at radius 2 is 1.89 bits per heavy atom. The van der Waals surface area contributed by atoms with Crippen molar-refractivity contribution in [3.63, 3.8) is 0 Å². The van der Waals surface area contributed by atoms with Crippen molar-refractivity contribution in [2.75, 3.05) is 6.61 Å². The summed E-state index contributed by atoms with van der Waals surface area (Å²) < 4.78 is 4.25. The van der Waals surface area contributed by atoms with Crippen LogP contribution in [-0.4, -0.2) is 16.4 Å². The van der Waals surface area contributed by atoms with Gasteiger partial charge in [0.2, 0.25) is 0 Å². The SMILES string of the molecule is C=C.C=CCOP(O)O. The van der Waals surface area contributed by atoms with Crippen LogP contribution in [0.4, 0.5) is 0 Å². The van der Waals surface area contributed by atoms with Gasteiger partial charge in [-0.2, -0.15) is 0 Å². The van der Waals surface area contributed by atoms with Crippen LogP contribution >= 0.6 is 8.60 Å². The highest BCUT2D eigenvalue weighted by molar-refractivity contribution is 7.39. The molecule has 0 radical (unpaired) electrons. The Bertz CT molecular complexity index is 65.2. The van der Waals surface area contributed by atoms with Crippen molar-refractivity contribution in [2.24, 2.45) is 0 Å². The average Bonchev–Trinajstić information content (AvgIpc) is 1.88. The molecule has 0 amide bonds. The molecule has 4 heteroatoms. The molecule has 0 heterocycles. The first kappa shape index (κ1) is 11.6. The summed E-state index contributed by atoms with van der Waals surface area (Å²) in [4.78, 5) is 16.1. The van der Waals surface area contributed by atoms with Crippen molar-refractivity contribution in [2.45, 2.75) is 0 Å². The first-order valence-corrected chi connectivity index (χ1v) is 3.35. The summed E-state index contributed by atoms with van der Waals surface area (Å²) in [5.41, 5.74) is 0. The van der Waals surface area contributed by atoms with E-state index in [-0.39, 0.29) is 6.61 Å². The van der Waals surface area contributed by atoms with Crippen molar-refractivity contribution in [1.82, 2.24) is 0 Å². The maximum atomic E-state index is 8.03. The van der Waals surface area contributed by atoms with Crippen molar-refractivity contribution in [3.8, 4) is 0 Å². The Hall–Kier alpha value is -0.210. The summed E-state index contributed by atoms with van der Waals surface area (Å²) in [5.74, 6) is 0. The molecule has 9 heavy (non-hydrogen) atoms. The standard InChI is InChI=1S/C3H7O3P.C2H4/c1-2-3-6-7(4)5;1-2/h2,4-5H,1,3H2;1-2H2. The van der Waals surface area contributed by atoms with Gasteiger partial charge in [0, 0.05) is 0 Å². The number of rotatable bonds is 3. The maximum absolute atomic E-state index is 8.03. The molecule has 3 nitrogen and oxygen atoms in total. The van der Waals surface area contributed by atoms with E-state index < -0.39 is 8.60 Å². The Balaban J connectivity index is 0. The first-order chi connectivity index (χ1) is 4.27. The minimum Gasteiger partial charge on any atom is -0.328 e. The monoisotopic (exact) mass is 150 g/mol. The normalized spacial score (nSPS) is 7.89. The zero-order valence-electron chi connectivity index (χ0n) is 5.16. The van der Waals surface area contributed by atoms with Gasteiger partial charge in [0.1, 0.15) is 0 Å². The zero-order valence-corrected chi connectivity index (χ0v) is 6.05. The lowest BCUT2D eigenvalue weighted by atomic mass is 10.7. The highest BCUT2D eigenvalue weighted by Gasteiger charge is 1.92. The molecule has 0 bridgehead atoms. The van der Waals surface area contributed by atoms with Crippen LogP contribution in [0.15, 0.2) is 25.8 Å². The van der Waals surface area contributed by atoms with Gasteiger partial charge < -0.3 is 14.3 Å². The lowest BCUT2D eigenvalue weighted by molar-refractivity contribution is 0.282. The van der Waals surface area contributed by atoms with E-state index in [4.69, 9.17) is 9.79 Å². The molecule has 0 aliphatic rings. The van der Waals surface area contributed by atoms with E-state index in [1.165, 1.54) is 6.08 Å². The third-order valence-corrected chi connectivity index (χ3v) is 0.688. The summed E-state index contributed by atoms with van der Waals surface area (Å²) in [7, 11) is -2.18. The Morgan fingerprint density at radius 1 is 1.44 bits per heavy atom. The number of hydrogen-bond acceptors (Lipinski definition) is 3. The van der Waals surface area contributed by atoms with Gasteiger partial charge in [0.05, 0.1) is 6.61 Å². The van der Waals surface area contributed by atoms with Gasteiger partial charge >= 0.3 is 8.60 Å². The van der Waals surface area contributed by atoms with Crippen LogP contribution in [0.5, 0.6) is 0 Å². The number of hydrogen-bond donors (Lipinski definition) is 2. The Kier molecular flexibility index (Phi) is 13.8. The predicted octanol–water partition coefficient (Wildman–Crippen LogP) is 1.20. The van der Waals surface area contributed by atoms with Gasteiger partial charge in [-0.3, -0.25) is 0 Å². The van der Waals surface area contributed by atoms with E-state index in [0.717, 1.165) is 0 Å². The third kappa shape index (κ3) is 18.2. The summed E-state index contributed by atoms with van der Waals surface area (Å²) in [6, 6.07) is 0. The van der Waals surface area contributed by atoms with Crippen LogP contribution < -0.4 is 0 Å². The van der Waals surface area contributed by atoms with Gasteiger partial charge in [0.25, 0.3) is 0 Å². The highest BCUT2D eigenvalue weighted by Crippen LogP contribution is 2.23. The van der Waals surface area contributed by atoms with Crippen molar-refractivity contribution in [1.29, 1.82) is 0 Å². The molecule has 0 rings (SSSR count). The molecule has 0 saturated heterocycles. The summed E-state index contributed by atoms with van der Waals surface area (Å²) >= 11 is 0. The largest absolute Gasteiger partial charge is 0.328 e. The molecule has 0 unspecified atom stereocenters. The Labute approximate surface area is 56.3 Å². The molecule has 0 aromatic heterocycles. The van der Waals surface area contributed by atoms with E-state index >= 15 is 0 Å². The van der Waals surface area contributed by atoms with Crippen molar-refractivity contribution >= 4 is 8.60 Å². The van der Waals surface area contributed by atoms with Gasteiger partial charge in [-0.15, -0.1) is 19.7 Å². The maximum Gasteiger partial charge on any atom is 0.327 e. The predicted molar refractivity (Wildman–Crippen MR) is 38.8 cm³/mol. The lowest BCUT2D eigenvalue weighted by Gasteiger charge is -1.96. The van der Waals surface area contributed by atoms with E-state index in [9.17, 15) is 0 Å². The average molecular weight is 150 g/mol. The van der Waals surface area contributed by atoms with Crippen LogP contribution in [0.25, 0.3) is 0 Å². The first-order valence-electron chi connectivity index (χ1n) is 2.19. The molecule has 0 aromatic rings. The molecule has 2 N–H and O–H groups in total. The summed E-state index contributed by atoms with van der Waals surface area (Å²) in [6.45, 7) is 9.49. The molecule has 0 atom stereocenters. The smallest absolute Gasteiger partial charge is 0.327 e. The molecule has 0 spiro atoms. The molecule has 0 aromatic carbocycles. The van der Waals surface area contributed by atoms with Crippen LogP contribution in [0.3, 0.4) is 0 Å². The van der Waals surface area contributed by atoms with E-state index in [2.05, 4.69) is 24.3 Å². The van der Waals surface area contributed by atoms with E-state index in [1.54, 1.807) is 0 Å². The minimum absolute atomic E-state index is 0.193. The zero-order chi connectivity index (χ0) is 7.70. The van der Waals surface area contributed by atoms with Crippen LogP contribution in [0.2, 0.25) is 0 Å². The van der Waals surface area contributed by atoms with Crippen molar-refractivity contribution < 1.29 is 14.3 Å². The second-order valence-electron chi connectivity index (χ2n) is 0.837. The molecular weight excluding hydrogens is 139 g/mol. The third-order valence-electron chi connectivity index (χ3n) is 0.308. The molecular formula is C5H11O3P. The van der Waals surface area contributed by atoms with Gasteiger partial charge in [-0.05, 0) is 0 Å². The van der Waals surface area contributed by atoms with Crippen molar-refractivity contribution in [3.05, 3.63) is 25.8 Å². The fraction of sp³-hybridized carbons (Fsp3) is 0.200. The molecule has 0 aliphatic carbocycles. The molecule has 0 fully saturated rings. The quantitative estimate of drug-likeness (QED) is 0.469. The minimum atomic E-state index is -2.18. The Morgan fingerprint density at radius 3 is 2.00 bits per heavy atom. The fourth-order valence-corrected chi connectivity index (χ4v) is 0.358. The second-order valence-corrected chi connectivity index (χ2v) is 1.60. The van der Waals surface area contributed by atoms with Crippen LogP contribution in [-0.2, 0) is 4.52 Å². The second kappa shape index (κ2) is 10.7. The van der Waals surface area contributed by atoms with Gasteiger partial charge in [0.15, 0.2) is 0 Å². The van der Waals surface area contributed by atoms with E-state index in [1.807, 2.05) is 0 Å². The molecule has 0 saturated carbocycles. The lowest BCUT2D eigenvalue weighted by Crippen LogP contribution is -1.80. The molecule has 54 valence electrons. The van der Waals surface area contributed by atoms with E-state index in [0.29, 0.717) is 0 Å². The van der Waals surface area contributed by atoms with Gasteiger partial charge in [-0.25, -0.2) is 0 Å². The summed E-state index contributed by atoms with van der Waals surface area (Å²) in [5, 5.41) is 0. The van der Waals surface area contributed by atoms with Gasteiger partial charge in [-0.1, -0.05) is 6.08 Å². The summed E-state index contributed by atoms with van der Waals surface area (Å²) in [6.07, 6.45) is 1.45. The molecule has 0 aliphatic heterocycles. The topological polar surface area (TPSA) is 49.7 Å².